The molecule has 0 spiro atoms. The number of hydrogen-bond acceptors (Lipinski definition) is 4. The number of hydrogen-bond donors (Lipinski definition) is 1. The first-order valence-corrected chi connectivity index (χ1v) is 8.54. The highest BCUT2D eigenvalue weighted by Crippen LogP contribution is 2.42. The predicted molar refractivity (Wildman–Crippen MR) is 85.6 cm³/mol. The van der Waals surface area contributed by atoms with Crippen molar-refractivity contribution in [1.82, 2.24) is 0 Å². The van der Waals surface area contributed by atoms with Gasteiger partial charge in [0.05, 0.1) is 18.1 Å². The molecule has 2 aromatic rings. The van der Waals surface area contributed by atoms with Crippen LogP contribution in [0.1, 0.15) is 13.8 Å². The van der Waals surface area contributed by atoms with Crippen LogP contribution >= 0.6 is 0 Å². The van der Waals surface area contributed by atoms with Crippen LogP contribution in [0.3, 0.4) is 0 Å². The van der Waals surface area contributed by atoms with Gasteiger partial charge in [-0.2, -0.15) is 0 Å². The van der Waals surface area contributed by atoms with Crippen LogP contribution in [-0.4, -0.2) is 21.6 Å². The van der Waals surface area contributed by atoms with Crippen molar-refractivity contribution in [2.24, 2.45) is 5.14 Å². The molecule has 0 aliphatic heterocycles. The molecule has 0 bridgehead atoms. The van der Waals surface area contributed by atoms with E-state index in [1.807, 2.05) is 44.2 Å². The standard InChI is InChI=1S/C16H19NO4S/c1-3-20-13-10-11-14(22(17,18)19)15(16(13)21-4-2)12-8-6-5-7-9-12/h5-11H,3-4H2,1-2H3,(H2,17,18,19). The summed E-state index contributed by atoms with van der Waals surface area (Å²) in [6, 6.07) is 12.1. The zero-order chi connectivity index (χ0) is 16.2. The lowest BCUT2D eigenvalue weighted by Crippen LogP contribution is -2.14. The first kappa shape index (κ1) is 16.3. The Labute approximate surface area is 130 Å². The second-order valence-electron chi connectivity index (χ2n) is 4.54. The molecule has 2 rings (SSSR count). The molecule has 5 nitrogen and oxygen atoms in total. The van der Waals surface area contributed by atoms with E-state index in [0.717, 1.165) is 0 Å². The summed E-state index contributed by atoms with van der Waals surface area (Å²) in [5.41, 5.74) is 1.13. The van der Waals surface area contributed by atoms with Crippen LogP contribution < -0.4 is 14.6 Å². The van der Waals surface area contributed by atoms with E-state index in [4.69, 9.17) is 14.6 Å². The lowest BCUT2D eigenvalue weighted by molar-refractivity contribution is 0.288. The van der Waals surface area contributed by atoms with Crippen molar-refractivity contribution >= 4 is 10.0 Å². The fraction of sp³-hybridized carbons (Fsp3) is 0.250. The van der Waals surface area contributed by atoms with E-state index in [1.165, 1.54) is 6.07 Å². The monoisotopic (exact) mass is 321 g/mol. The van der Waals surface area contributed by atoms with Crippen LogP contribution in [0.25, 0.3) is 11.1 Å². The van der Waals surface area contributed by atoms with Crippen molar-refractivity contribution in [2.75, 3.05) is 13.2 Å². The number of sulfonamides is 1. The van der Waals surface area contributed by atoms with E-state index in [2.05, 4.69) is 0 Å². The summed E-state index contributed by atoms with van der Waals surface area (Å²) < 4.78 is 35.1. The topological polar surface area (TPSA) is 78.6 Å². The number of rotatable bonds is 6. The Bertz CT molecular complexity index is 742. The third kappa shape index (κ3) is 3.40. The van der Waals surface area contributed by atoms with Crippen LogP contribution in [0.15, 0.2) is 47.4 Å². The van der Waals surface area contributed by atoms with Gasteiger partial charge in [-0.25, -0.2) is 13.6 Å². The van der Waals surface area contributed by atoms with Gasteiger partial charge in [0.15, 0.2) is 11.5 Å². The average molecular weight is 321 g/mol. The Morgan fingerprint density at radius 3 is 2.14 bits per heavy atom. The Morgan fingerprint density at radius 1 is 0.955 bits per heavy atom. The van der Waals surface area contributed by atoms with Gasteiger partial charge in [0.2, 0.25) is 10.0 Å². The maximum absolute atomic E-state index is 11.9. The Hall–Kier alpha value is -2.05. The van der Waals surface area contributed by atoms with Crippen molar-refractivity contribution in [3.63, 3.8) is 0 Å². The minimum atomic E-state index is -3.89. The highest BCUT2D eigenvalue weighted by Gasteiger charge is 2.23. The van der Waals surface area contributed by atoms with Crippen LogP contribution in [0.5, 0.6) is 11.5 Å². The summed E-state index contributed by atoms with van der Waals surface area (Å²) in [6.45, 7) is 4.51. The quantitative estimate of drug-likeness (QED) is 0.887. The second kappa shape index (κ2) is 6.81. The first-order chi connectivity index (χ1) is 10.5. The zero-order valence-corrected chi connectivity index (χ0v) is 13.4. The molecule has 22 heavy (non-hydrogen) atoms. The van der Waals surface area contributed by atoms with E-state index in [0.29, 0.717) is 35.8 Å². The average Bonchev–Trinajstić information content (AvgIpc) is 2.49. The van der Waals surface area contributed by atoms with Gasteiger partial charge in [-0.05, 0) is 31.5 Å². The Balaban J connectivity index is 2.81. The molecule has 0 aliphatic carbocycles. The Kier molecular flexibility index (Phi) is 5.05. The lowest BCUT2D eigenvalue weighted by atomic mass is 10.0. The SMILES string of the molecule is CCOc1ccc(S(N)(=O)=O)c(-c2ccccc2)c1OCC. The molecule has 0 amide bonds. The molecular formula is C16H19NO4S. The fourth-order valence-corrected chi connectivity index (χ4v) is 2.97. The number of primary sulfonamides is 1. The highest BCUT2D eigenvalue weighted by atomic mass is 32.2. The molecule has 0 fully saturated rings. The number of ether oxygens (including phenoxy) is 2. The van der Waals surface area contributed by atoms with Crippen molar-refractivity contribution < 1.29 is 17.9 Å². The molecule has 2 aromatic carbocycles. The first-order valence-electron chi connectivity index (χ1n) is 6.99. The Morgan fingerprint density at radius 2 is 1.59 bits per heavy atom. The molecule has 2 N–H and O–H groups in total. The van der Waals surface area contributed by atoms with Crippen molar-refractivity contribution in [3.8, 4) is 22.6 Å². The van der Waals surface area contributed by atoms with Crippen LogP contribution in [-0.2, 0) is 10.0 Å². The van der Waals surface area contributed by atoms with Gasteiger partial charge in [0, 0.05) is 5.56 Å². The van der Waals surface area contributed by atoms with Gasteiger partial charge >= 0.3 is 0 Å². The number of nitrogens with two attached hydrogens (primary N) is 1. The highest BCUT2D eigenvalue weighted by molar-refractivity contribution is 7.89. The van der Waals surface area contributed by atoms with Crippen molar-refractivity contribution in [1.29, 1.82) is 0 Å². The van der Waals surface area contributed by atoms with Crippen LogP contribution in [0, 0.1) is 0 Å². The van der Waals surface area contributed by atoms with Gasteiger partial charge in [-0.1, -0.05) is 30.3 Å². The minimum absolute atomic E-state index is 0.0191. The van der Waals surface area contributed by atoms with Gasteiger partial charge in [-0.3, -0.25) is 0 Å². The third-order valence-corrected chi connectivity index (χ3v) is 3.99. The maximum atomic E-state index is 11.9. The summed E-state index contributed by atoms with van der Waals surface area (Å²) >= 11 is 0. The van der Waals surface area contributed by atoms with E-state index >= 15 is 0 Å². The largest absolute Gasteiger partial charge is 0.490 e. The zero-order valence-electron chi connectivity index (χ0n) is 12.6. The third-order valence-electron chi connectivity index (χ3n) is 3.04. The van der Waals surface area contributed by atoms with Gasteiger partial charge in [0.1, 0.15) is 0 Å². The van der Waals surface area contributed by atoms with E-state index in [1.54, 1.807) is 6.07 Å². The van der Waals surface area contributed by atoms with Crippen LogP contribution in [0.4, 0.5) is 0 Å². The lowest BCUT2D eigenvalue weighted by Gasteiger charge is -2.18. The fourth-order valence-electron chi connectivity index (χ4n) is 2.22. The summed E-state index contributed by atoms with van der Waals surface area (Å²) in [6.07, 6.45) is 0. The molecule has 0 unspecified atom stereocenters. The van der Waals surface area contributed by atoms with Crippen LogP contribution in [0.2, 0.25) is 0 Å². The van der Waals surface area contributed by atoms with E-state index < -0.39 is 10.0 Å². The normalized spacial score (nSPS) is 11.2. The van der Waals surface area contributed by atoms with Gasteiger partial charge < -0.3 is 9.47 Å². The second-order valence-corrected chi connectivity index (χ2v) is 6.07. The maximum Gasteiger partial charge on any atom is 0.238 e. The van der Waals surface area contributed by atoms with Crippen molar-refractivity contribution in [3.05, 3.63) is 42.5 Å². The number of benzene rings is 2. The predicted octanol–water partition coefficient (Wildman–Crippen LogP) is 2.80. The summed E-state index contributed by atoms with van der Waals surface area (Å²) in [5, 5.41) is 5.36. The molecule has 0 atom stereocenters. The molecular weight excluding hydrogens is 302 g/mol. The summed E-state index contributed by atoms with van der Waals surface area (Å²) in [5.74, 6) is 0.887. The molecule has 0 saturated heterocycles. The van der Waals surface area contributed by atoms with E-state index in [9.17, 15) is 8.42 Å². The molecule has 6 heteroatoms. The molecule has 0 aromatic heterocycles. The molecule has 0 heterocycles. The van der Waals surface area contributed by atoms with E-state index in [-0.39, 0.29) is 4.90 Å². The summed E-state index contributed by atoms with van der Waals surface area (Å²) in [7, 11) is -3.89. The van der Waals surface area contributed by atoms with Gasteiger partial charge in [0.25, 0.3) is 0 Å². The molecule has 118 valence electrons. The smallest absolute Gasteiger partial charge is 0.238 e. The molecule has 0 saturated carbocycles. The minimum Gasteiger partial charge on any atom is -0.490 e. The molecule has 0 radical (unpaired) electrons. The van der Waals surface area contributed by atoms with Gasteiger partial charge in [-0.15, -0.1) is 0 Å². The molecule has 0 aliphatic rings. The van der Waals surface area contributed by atoms with Crippen molar-refractivity contribution in [2.45, 2.75) is 18.7 Å². The summed E-state index contributed by atoms with van der Waals surface area (Å²) in [4.78, 5) is 0.0191.